The Morgan fingerprint density at radius 2 is 1.92 bits per heavy atom. The Labute approximate surface area is 142 Å². The summed E-state index contributed by atoms with van der Waals surface area (Å²) in [5.74, 6) is 0.483. The third-order valence-corrected chi connectivity index (χ3v) is 3.06. The van der Waals surface area contributed by atoms with Gasteiger partial charge in [0.1, 0.15) is 0 Å². The van der Waals surface area contributed by atoms with Crippen molar-refractivity contribution in [1.29, 1.82) is 0 Å². The summed E-state index contributed by atoms with van der Waals surface area (Å²) in [5, 5.41) is 5.73. The van der Waals surface area contributed by atoms with E-state index >= 15 is 0 Å². The molecule has 1 rings (SSSR count). The van der Waals surface area contributed by atoms with E-state index in [4.69, 9.17) is 9.47 Å². The topological polar surface area (TPSA) is 102 Å². The molecule has 0 saturated heterocycles. The molecule has 0 aliphatic rings. The van der Waals surface area contributed by atoms with Gasteiger partial charge in [-0.3, -0.25) is 14.9 Å². The van der Waals surface area contributed by atoms with E-state index in [-0.39, 0.29) is 29.7 Å². The molecule has 2 N–H and O–H groups in total. The zero-order chi connectivity index (χ0) is 18.1. The van der Waals surface area contributed by atoms with Crippen LogP contribution in [-0.4, -0.2) is 42.1 Å². The summed E-state index contributed by atoms with van der Waals surface area (Å²) in [7, 11) is 1.51. The number of amides is 1. The average molecular weight is 338 g/mol. The van der Waals surface area contributed by atoms with E-state index < -0.39 is 0 Å². The number of esters is 1. The van der Waals surface area contributed by atoms with Gasteiger partial charge in [0.25, 0.3) is 0 Å². The Hall–Kier alpha value is -2.38. The molecule has 1 heterocycles. The molecule has 24 heavy (non-hydrogen) atoms. The maximum absolute atomic E-state index is 11.7. The van der Waals surface area contributed by atoms with E-state index in [9.17, 15) is 9.59 Å². The number of ether oxygens (including phenoxy) is 2. The summed E-state index contributed by atoms with van der Waals surface area (Å²) in [6.07, 6.45) is 2.11. The second kappa shape index (κ2) is 9.69. The highest BCUT2D eigenvalue weighted by Crippen LogP contribution is 2.21. The lowest BCUT2D eigenvalue weighted by atomic mass is 10.2. The second-order valence-electron chi connectivity index (χ2n) is 5.86. The summed E-state index contributed by atoms with van der Waals surface area (Å²) in [5.41, 5.74) is 0. The first-order valence-electron chi connectivity index (χ1n) is 7.97. The summed E-state index contributed by atoms with van der Waals surface area (Å²) in [6.45, 7) is 8.02. The smallest absolute Gasteiger partial charge is 0.308 e. The molecule has 8 nitrogen and oxygen atoms in total. The highest BCUT2D eigenvalue weighted by atomic mass is 16.5. The van der Waals surface area contributed by atoms with Crippen molar-refractivity contribution < 1.29 is 19.1 Å². The molecule has 0 aliphatic heterocycles. The lowest BCUT2D eigenvalue weighted by Gasteiger charge is -2.12. The minimum absolute atomic E-state index is 0.132. The molecule has 0 unspecified atom stereocenters. The molecule has 1 amide bonds. The molecule has 134 valence electrons. The number of carbonyl (C=O) groups is 2. The predicted octanol–water partition coefficient (Wildman–Crippen LogP) is 2.08. The molecule has 8 heteroatoms. The van der Waals surface area contributed by atoms with Crippen LogP contribution in [0.5, 0.6) is 5.75 Å². The number of carbonyl (C=O) groups excluding carboxylic acids is 2. The van der Waals surface area contributed by atoms with Crippen LogP contribution in [-0.2, 0) is 14.3 Å². The van der Waals surface area contributed by atoms with Crippen LogP contribution in [0, 0.1) is 11.8 Å². The van der Waals surface area contributed by atoms with Gasteiger partial charge >= 0.3 is 5.97 Å². The number of methoxy groups -OCH3 is 1. The van der Waals surface area contributed by atoms with Gasteiger partial charge in [-0.15, -0.1) is 0 Å². The van der Waals surface area contributed by atoms with Crippen LogP contribution in [0.2, 0.25) is 0 Å². The molecule has 1 aromatic rings. The third-order valence-electron chi connectivity index (χ3n) is 3.06. The minimum atomic E-state index is -0.215. The van der Waals surface area contributed by atoms with Crippen LogP contribution < -0.4 is 15.4 Å². The number of anilines is 2. The number of rotatable bonds is 9. The number of nitrogens with one attached hydrogen (secondary N) is 2. The van der Waals surface area contributed by atoms with E-state index in [0.717, 1.165) is 0 Å². The van der Waals surface area contributed by atoms with Gasteiger partial charge < -0.3 is 14.8 Å². The van der Waals surface area contributed by atoms with Crippen molar-refractivity contribution in [2.24, 2.45) is 11.8 Å². The van der Waals surface area contributed by atoms with Crippen molar-refractivity contribution in [2.75, 3.05) is 30.9 Å². The number of aromatic nitrogens is 2. The Bertz CT molecular complexity index is 561. The normalized spacial score (nSPS) is 10.6. The van der Waals surface area contributed by atoms with Gasteiger partial charge in [-0.05, 0) is 6.42 Å². The first-order chi connectivity index (χ1) is 11.3. The summed E-state index contributed by atoms with van der Waals surface area (Å²) < 4.78 is 10.3. The second-order valence-corrected chi connectivity index (χ2v) is 5.86. The minimum Gasteiger partial charge on any atom is -0.491 e. The quantitative estimate of drug-likeness (QED) is 0.525. The SMILES string of the molecule is COc1cnc(NC(=O)C(C)C)nc1NCCCOC(=O)C(C)C. The molecule has 0 bridgehead atoms. The Morgan fingerprint density at radius 3 is 2.50 bits per heavy atom. The summed E-state index contributed by atoms with van der Waals surface area (Å²) >= 11 is 0. The summed E-state index contributed by atoms with van der Waals surface area (Å²) in [4.78, 5) is 31.3. The fraction of sp³-hybridized carbons (Fsp3) is 0.625. The van der Waals surface area contributed by atoms with Gasteiger partial charge in [0, 0.05) is 12.5 Å². The van der Waals surface area contributed by atoms with Crippen molar-refractivity contribution in [2.45, 2.75) is 34.1 Å². The van der Waals surface area contributed by atoms with Crippen molar-refractivity contribution in [1.82, 2.24) is 9.97 Å². The van der Waals surface area contributed by atoms with Gasteiger partial charge in [0.05, 0.1) is 25.8 Å². The van der Waals surface area contributed by atoms with Crippen LogP contribution in [0.4, 0.5) is 11.8 Å². The lowest BCUT2D eigenvalue weighted by Crippen LogP contribution is -2.20. The van der Waals surface area contributed by atoms with Crippen LogP contribution in [0.1, 0.15) is 34.1 Å². The highest BCUT2D eigenvalue weighted by Gasteiger charge is 2.12. The van der Waals surface area contributed by atoms with Gasteiger partial charge in [-0.2, -0.15) is 4.98 Å². The lowest BCUT2D eigenvalue weighted by molar-refractivity contribution is -0.147. The zero-order valence-corrected chi connectivity index (χ0v) is 14.9. The molecule has 1 aromatic heterocycles. The molecular weight excluding hydrogens is 312 g/mol. The average Bonchev–Trinajstić information content (AvgIpc) is 2.54. The molecule has 0 saturated carbocycles. The van der Waals surface area contributed by atoms with Crippen molar-refractivity contribution in [3.63, 3.8) is 0 Å². The molecule has 0 aliphatic carbocycles. The number of hydrogen-bond donors (Lipinski definition) is 2. The Morgan fingerprint density at radius 1 is 1.21 bits per heavy atom. The molecular formula is C16H26N4O4. The number of nitrogens with zero attached hydrogens (tertiary/aromatic N) is 2. The van der Waals surface area contributed by atoms with Crippen molar-refractivity contribution in [3.05, 3.63) is 6.20 Å². The maximum Gasteiger partial charge on any atom is 0.308 e. The first kappa shape index (κ1) is 19.7. The largest absolute Gasteiger partial charge is 0.491 e. The van der Waals surface area contributed by atoms with E-state index in [1.807, 2.05) is 0 Å². The van der Waals surface area contributed by atoms with E-state index in [1.165, 1.54) is 13.3 Å². The van der Waals surface area contributed by atoms with Crippen LogP contribution >= 0.6 is 0 Å². The van der Waals surface area contributed by atoms with E-state index in [1.54, 1.807) is 27.7 Å². The monoisotopic (exact) mass is 338 g/mol. The zero-order valence-electron chi connectivity index (χ0n) is 14.9. The van der Waals surface area contributed by atoms with Gasteiger partial charge in [-0.25, -0.2) is 4.98 Å². The Balaban J connectivity index is 2.56. The van der Waals surface area contributed by atoms with Gasteiger partial charge in [-0.1, -0.05) is 27.7 Å². The predicted molar refractivity (Wildman–Crippen MR) is 91.0 cm³/mol. The highest BCUT2D eigenvalue weighted by molar-refractivity contribution is 5.90. The van der Waals surface area contributed by atoms with Crippen LogP contribution in [0.3, 0.4) is 0 Å². The first-order valence-corrected chi connectivity index (χ1v) is 7.97. The van der Waals surface area contributed by atoms with Crippen LogP contribution in [0.25, 0.3) is 0 Å². The molecule has 0 radical (unpaired) electrons. The molecule has 0 atom stereocenters. The van der Waals surface area contributed by atoms with E-state index in [0.29, 0.717) is 31.1 Å². The third kappa shape index (κ3) is 6.39. The molecule has 0 aromatic carbocycles. The molecule has 0 spiro atoms. The molecule has 0 fully saturated rings. The van der Waals surface area contributed by atoms with Gasteiger partial charge in [0.2, 0.25) is 11.9 Å². The van der Waals surface area contributed by atoms with Crippen molar-refractivity contribution >= 4 is 23.6 Å². The van der Waals surface area contributed by atoms with Crippen molar-refractivity contribution in [3.8, 4) is 5.75 Å². The maximum atomic E-state index is 11.7. The van der Waals surface area contributed by atoms with Gasteiger partial charge in [0.15, 0.2) is 11.6 Å². The summed E-state index contributed by atoms with van der Waals surface area (Å²) in [6, 6.07) is 0. The van der Waals surface area contributed by atoms with E-state index in [2.05, 4.69) is 20.6 Å². The Kier molecular flexibility index (Phi) is 7.94. The fourth-order valence-electron chi connectivity index (χ4n) is 1.58. The standard InChI is InChI=1S/C16H26N4O4/c1-10(2)14(21)20-16-18-9-12(23-5)13(19-16)17-7-6-8-24-15(22)11(3)4/h9-11H,6-8H2,1-5H3,(H2,17,18,19,20,21). The fourth-order valence-corrected chi connectivity index (χ4v) is 1.58. The van der Waals surface area contributed by atoms with Crippen LogP contribution in [0.15, 0.2) is 6.20 Å². The number of hydrogen-bond acceptors (Lipinski definition) is 7.